The van der Waals surface area contributed by atoms with Crippen molar-refractivity contribution in [2.75, 3.05) is 33.8 Å². The Morgan fingerprint density at radius 1 is 0.902 bits per heavy atom. The van der Waals surface area contributed by atoms with Crippen LogP contribution in [-0.2, 0) is 6.54 Å². The van der Waals surface area contributed by atoms with Gasteiger partial charge in [0.05, 0.1) is 34.8 Å². The summed E-state index contributed by atoms with van der Waals surface area (Å²) in [7, 11) is 3.94. The molecular weight excluding hydrogens is 519 g/mol. The number of nitrogens with zero attached hydrogens (tertiary/aromatic N) is 5. The number of hydrogen-bond donors (Lipinski definition) is 3. The highest BCUT2D eigenvalue weighted by atomic mass is 19.1. The van der Waals surface area contributed by atoms with Crippen LogP contribution in [0.3, 0.4) is 0 Å². The molecule has 9 nitrogen and oxygen atoms in total. The molecule has 0 aliphatic rings. The average molecular weight is 551 g/mol. The SMILES string of the molecule is CCNCc1cncc(-c2cc3c(-c4cc5c(-c6cc(F)cc(OCCN(C)C)c6)cncc5[nH]4)n[nH]c3cn2)c1. The highest BCUT2D eigenvalue weighted by molar-refractivity contribution is 6.01. The molecule has 0 unspecified atom stereocenters. The van der Waals surface area contributed by atoms with Crippen LogP contribution in [0.5, 0.6) is 5.75 Å². The number of rotatable bonds is 10. The van der Waals surface area contributed by atoms with Gasteiger partial charge < -0.3 is 19.9 Å². The van der Waals surface area contributed by atoms with Crippen molar-refractivity contribution in [1.29, 1.82) is 0 Å². The standard InChI is InChI=1S/C31H31FN8O/c1-4-33-13-19-7-21(15-34-14-19)27-12-25-30(18-36-27)38-39-31(25)28-11-24-26(16-35-17-29(24)37-28)20-8-22(32)10-23(9-20)41-6-5-40(2)3/h7-12,14-18,33,37H,4-6,13H2,1-3H3,(H,38,39). The van der Waals surface area contributed by atoms with Gasteiger partial charge in [0.1, 0.15) is 23.9 Å². The van der Waals surface area contributed by atoms with Crippen molar-refractivity contribution in [3.63, 3.8) is 0 Å². The van der Waals surface area contributed by atoms with E-state index in [0.717, 1.165) is 75.2 Å². The maximum atomic E-state index is 14.6. The van der Waals surface area contributed by atoms with Gasteiger partial charge in [-0.25, -0.2) is 4.39 Å². The van der Waals surface area contributed by atoms with E-state index in [4.69, 9.17) is 4.74 Å². The summed E-state index contributed by atoms with van der Waals surface area (Å²) in [5, 5.41) is 12.9. The summed E-state index contributed by atoms with van der Waals surface area (Å²) in [6.07, 6.45) is 8.98. The van der Waals surface area contributed by atoms with Crippen LogP contribution in [0.4, 0.5) is 4.39 Å². The molecule has 0 aliphatic carbocycles. The Labute approximate surface area is 236 Å². The summed E-state index contributed by atoms with van der Waals surface area (Å²) >= 11 is 0. The number of likely N-dealkylation sites (N-methyl/N-ethyl adjacent to an activating group) is 1. The zero-order valence-corrected chi connectivity index (χ0v) is 23.2. The molecule has 0 amide bonds. The number of ether oxygens (including phenoxy) is 1. The third kappa shape index (κ3) is 5.65. The maximum absolute atomic E-state index is 14.6. The lowest BCUT2D eigenvalue weighted by molar-refractivity contribution is 0.260. The fraction of sp³-hybridized carbons (Fsp3) is 0.226. The molecule has 0 aliphatic heterocycles. The monoisotopic (exact) mass is 550 g/mol. The van der Waals surface area contributed by atoms with Crippen molar-refractivity contribution in [3.8, 4) is 39.5 Å². The Balaban J connectivity index is 1.37. The number of H-pyrrole nitrogens is 2. The van der Waals surface area contributed by atoms with E-state index in [9.17, 15) is 4.39 Å². The number of nitrogens with one attached hydrogen (secondary N) is 3. The zero-order chi connectivity index (χ0) is 28.3. The summed E-state index contributed by atoms with van der Waals surface area (Å²) in [6, 6.07) is 10.9. The molecule has 5 heterocycles. The minimum Gasteiger partial charge on any atom is -0.492 e. The summed E-state index contributed by atoms with van der Waals surface area (Å²) in [6.45, 7) is 4.91. The highest BCUT2D eigenvalue weighted by Gasteiger charge is 2.16. The van der Waals surface area contributed by atoms with E-state index in [2.05, 4.69) is 48.4 Å². The number of aromatic nitrogens is 6. The Morgan fingerprint density at radius 3 is 2.63 bits per heavy atom. The van der Waals surface area contributed by atoms with E-state index in [1.54, 1.807) is 18.6 Å². The predicted octanol–water partition coefficient (Wildman–Crippen LogP) is 5.42. The second-order valence-electron chi connectivity index (χ2n) is 10.2. The zero-order valence-electron chi connectivity index (χ0n) is 23.2. The first-order valence-corrected chi connectivity index (χ1v) is 13.5. The van der Waals surface area contributed by atoms with E-state index >= 15 is 0 Å². The van der Waals surface area contributed by atoms with Crippen molar-refractivity contribution in [2.45, 2.75) is 13.5 Å². The van der Waals surface area contributed by atoms with Gasteiger partial charge in [-0.15, -0.1) is 0 Å². The average Bonchev–Trinajstić information content (AvgIpc) is 3.59. The quantitative estimate of drug-likeness (QED) is 0.209. The Morgan fingerprint density at radius 2 is 1.78 bits per heavy atom. The molecule has 0 fully saturated rings. The van der Waals surface area contributed by atoms with Gasteiger partial charge >= 0.3 is 0 Å². The van der Waals surface area contributed by atoms with Gasteiger partial charge in [0.25, 0.3) is 0 Å². The normalized spacial score (nSPS) is 11.6. The minimum atomic E-state index is -0.363. The second kappa shape index (κ2) is 11.4. The second-order valence-corrected chi connectivity index (χ2v) is 10.2. The van der Waals surface area contributed by atoms with Crippen LogP contribution < -0.4 is 10.1 Å². The predicted molar refractivity (Wildman–Crippen MR) is 159 cm³/mol. The largest absolute Gasteiger partial charge is 0.492 e. The Hall–Kier alpha value is -4.67. The first-order chi connectivity index (χ1) is 20.0. The van der Waals surface area contributed by atoms with Gasteiger partial charge in [-0.1, -0.05) is 6.92 Å². The maximum Gasteiger partial charge on any atom is 0.127 e. The van der Waals surface area contributed by atoms with Crippen molar-refractivity contribution < 1.29 is 9.13 Å². The Bertz CT molecular complexity index is 1830. The van der Waals surface area contributed by atoms with E-state index in [0.29, 0.717) is 17.9 Å². The third-order valence-corrected chi connectivity index (χ3v) is 6.91. The first kappa shape index (κ1) is 26.5. The van der Waals surface area contributed by atoms with Gasteiger partial charge in [0.15, 0.2) is 0 Å². The fourth-order valence-corrected chi connectivity index (χ4v) is 4.83. The van der Waals surface area contributed by atoms with Crippen LogP contribution in [0.15, 0.2) is 67.4 Å². The van der Waals surface area contributed by atoms with Gasteiger partial charge in [-0.2, -0.15) is 5.10 Å². The number of hydrogen-bond acceptors (Lipinski definition) is 7. The van der Waals surface area contributed by atoms with Gasteiger partial charge in [-0.3, -0.25) is 20.1 Å². The molecule has 6 rings (SSSR count). The number of halogens is 1. The lowest BCUT2D eigenvalue weighted by Crippen LogP contribution is -2.19. The van der Waals surface area contributed by atoms with E-state index < -0.39 is 0 Å². The number of pyridine rings is 3. The van der Waals surface area contributed by atoms with Gasteiger partial charge in [-0.05, 0) is 62.1 Å². The topological polar surface area (TPSA) is 108 Å². The molecule has 0 spiro atoms. The first-order valence-electron chi connectivity index (χ1n) is 13.5. The van der Waals surface area contributed by atoms with Crippen molar-refractivity contribution in [3.05, 3.63) is 78.8 Å². The molecule has 10 heteroatoms. The van der Waals surface area contributed by atoms with E-state index in [-0.39, 0.29) is 5.82 Å². The molecule has 0 radical (unpaired) electrons. The Kier molecular flexibility index (Phi) is 7.41. The van der Waals surface area contributed by atoms with E-state index in [1.807, 2.05) is 49.6 Å². The highest BCUT2D eigenvalue weighted by Crippen LogP contribution is 2.35. The van der Waals surface area contributed by atoms with Crippen molar-refractivity contribution in [1.82, 2.24) is 40.3 Å². The molecule has 208 valence electrons. The number of aromatic amines is 2. The number of benzene rings is 1. The van der Waals surface area contributed by atoms with Gasteiger partial charge in [0, 0.05) is 59.6 Å². The molecule has 5 aromatic heterocycles. The van der Waals surface area contributed by atoms with E-state index in [1.165, 1.54) is 12.1 Å². The summed E-state index contributed by atoms with van der Waals surface area (Å²) < 4.78 is 20.4. The van der Waals surface area contributed by atoms with Crippen LogP contribution in [0.25, 0.3) is 55.6 Å². The van der Waals surface area contributed by atoms with Crippen LogP contribution in [-0.4, -0.2) is 68.8 Å². The molecule has 0 bridgehead atoms. The van der Waals surface area contributed by atoms with Crippen LogP contribution in [0, 0.1) is 5.82 Å². The lowest BCUT2D eigenvalue weighted by atomic mass is 10.0. The molecular formula is C31H31FN8O. The number of fused-ring (bicyclic) bond motifs is 2. The van der Waals surface area contributed by atoms with Crippen LogP contribution in [0.2, 0.25) is 0 Å². The van der Waals surface area contributed by atoms with Crippen molar-refractivity contribution >= 4 is 21.8 Å². The van der Waals surface area contributed by atoms with Crippen molar-refractivity contribution in [2.24, 2.45) is 0 Å². The van der Waals surface area contributed by atoms with Crippen LogP contribution in [0.1, 0.15) is 12.5 Å². The fourth-order valence-electron chi connectivity index (χ4n) is 4.83. The molecule has 0 atom stereocenters. The minimum absolute atomic E-state index is 0.363. The molecule has 1 aromatic carbocycles. The summed E-state index contributed by atoms with van der Waals surface area (Å²) in [5.41, 5.74) is 7.55. The van der Waals surface area contributed by atoms with Gasteiger partial charge in [0.2, 0.25) is 0 Å². The summed E-state index contributed by atoms with van der Waals surface area (Å²) in [4.78, 5) is 18.9. The summed E-state index contributed by atoms with van der Waals surface area (Å²) in [5.74, 6) is 0.120. The molecule has 0 saturated carbocycles. The smallest absolute Gasteiger partial charge is 0.127 e. The molecule has 0 saturated heterocycles. The third-order valence-electron chi connectivity index (χ3n) is 6.91. The molecule has 3 N–H and O–H groups in total. The van der Waals surface area contributed by atoms with Crippen LogP contribution >= 0.6 is 0 Å². The lowest BCUT2D eigenvalue weighted by Gasteiger charge is -2.12. The molecule has 6 aromatic rings. The molecule has 41 heavy (non-hydrogen) atoms.